The lowest BCUT2D eigenvalue weighted by Crippen LogP contribution is -2.21. The molecule has 2 heterocycles. The summed E-state index contributed by atoms with van der Waals surface area (Å²) in [6.45, 7) is 3.28. The van der Waals surface area contributed by atoms with Gasteiger partial charge in [0.05, 0.1) is 6.42 Å². The molecule has 2 saturated heterocycles. The molecule has 0 N–H and O–H groups in total. The van der Waals surface area contributed by atoms with Crippen LogP contribution in [0, 0.1) is 11.8 Å². The quantitative estimate of drug-likeness (QED) is 0.424. The van der Waals surface area contributed by atoms with Gasteiger partial charge in [0.15, 0.2) is 6.07 Å². The molecule has 0 aromatic rings. The Hall–Kier alpha value is -0.650. The maximum absolute atomic E-state index is 10.9. The topological polar surface area (TPSA) is 61.8 Å². The fraction of sp³-hybridized carbons (Fsp3) is 0.875. The number of ether oxygens (including phenoxy) is 3. The first-order valence-electron chi connectivity index (χ1n) is 8.07. The zero-order valence-electron chi connectivity index (χ0n) is 13.1. The van der Waals surface area contributed by atoms with E-state index in [0.717, 1.165) is 45.4 Å². The van der Waals surface area contributed by atoms with Gasteiger partial charge in [-0.2, -0.15) is 0 Å². The Morgan fingerprint density at radius 2 is 1.77 bits per heavy atom. The summed E-state index contributed by atoms with van der Waals surface area (Å²) in [6, 6.07) is -0.0492. The fourth-order valence-electron chi connectivity index (χ4n) is 2.66. The van der Waals surface area contributed by atoms with Crippen molar-refractivity contribution in [3.63, 3.8) is 0 Å². The molecule has 2 unspecified atom stereocenters. The lowest BCUT2D eigenvalue weighted by atomic mass is 9.97. The zero-order valence-corrected chi connectivity index (χ0v) is 13.9. The summed E-state index contributed by atoms with van der Waals surface area (Å²) in [5.74, 6) is 0.758. The molecule has 6 heteroatoms. The number of halogens is 1. The van der Waals surface area contributed by atoms with Gasteiger partial charge in [0.2, 0.25) is 0 Å². The summed E-state index contributed by atoms with van der Waals surface area (Å²) >= 11 is 5.24. The second kappa shape index (κ2) is 12.9. The molecule has 2 rings (SSSR count). The minimum atomic E-state index is -0.222. The van der Waals surface area contributed by atoms with Gasteiger partial charge in [0, 0.05) is 32.8 Å². The van der Waals surface area contributed by atoms with E-state index in [-0.39, 0.29) is 12.0 Å². The molecule has 2 aliphatic rings. The van der Waals surface area contributed by atoms with Crippen LogP contribution in [0.3, 0.4) is 0 Å². The zero-order chi connectivity index (χ0) is 16.0. The van der Waals surface area contributed by atoms with Crippen molar-refractivity contribution in [1.29, 1.82) is 0 Å². The molecule has 0 spiro atoms. The largest absolute Gasteiger partial charge is 0.449 e. The molecule has 22 heavy (non-hydrogen) atoms. The molecule has 0 aliphatic carbocycles. The van der Waals surface area contributed by atoms with Crippen molar-refractivity contribution in [2.24, 2.45) is 11.8 Å². The Morgan fingerprint density at radius 1 is 1.14 bits per heavy atom. The van der Waals surface area contributed by atoms with Crippen LogP contribution in [0.4, 0.5) is 0 Å². The normalized spacial score (nSPS) is 24.8. The van der Waals surface area contributed by atoms with Gasteiger partial charge < -0.3 is 19.0 Å². The van der Waals surface area contributed by atoms with Crippen molar-refractivity contribution < 1.29 is 23.8 Å². The highest BCUT2D eigenvalue weighted by Crippen LogP contribution is 2.18. The Morgan fingerprint density at radius 3 is 2.27 bits per heavy atom. The molecule has 0 aromatic carbocycles. The fourth-order valence-corrected chi connectivity index (χ4v) is 2.78. The predicted molar refractivity (Wildman–Crippen MR) is 83.8 cm³/mol. The molecular weight excluding hydrogens is 308 g/mol. The Kier molecular flexibility index (Phi) is 11.3. The van der Waals surface area contributed by atoms with Crippen LogP contribution in [-0.4, -0.2) is 44.7 Å². The minimum Gasteiger partial charge on any atom is -0.449 e. The van der Waals surface area contributed by atoms with E-state index in [9.17, 15) is 9.59 Å². The summed E-state index contributed by atoms with van der Waals surface area (Å²) in [5, 5.41) is 0. The summed E-state index contributed by atoms with van der Waals surface area (Å²) in [6.07, 6.45) is 7.66. The van der Waals surface area contributed by atoms with Gasteiger partial charge in [-0.05, 0) is 43.9 Å². The number of carbonyl (C=O) groups excluding carboxylic acids is 2. The maximum atomic E-state index is 10.9. The number of alkyl halides is 1. The van der Waals surface area contributed by atoms with Crippen molar-refractivity contribution in [2.75, 3.05) is 32.5 Å². The van der Waals surface area contributed by atoms with Crippen LogP contribution in [0.5, 0.6) is 0 Å². The molecule has 2 fully saturated rings. The third kappa shape index (κ3) is 9.38. The molecule has 0 amide bonds. The van der Waals surface area contributed by atoms with Crippen LogP contribution in [0.15, 0.2) is 0 Å². The summed E-state index contributed by atoms with van der Waals surface area (Å²) in [5.41, 5.74) is 0. The molecule has 128 valence electrons. The predicted octanol–water partition coefficient (Wildman–Crippen LogP) is 2.93. The standard InChI is InChI=1S/C8H13ClO3.C8H14O2/c9-6-12-8(10)4-7-2-1-3-11-5-7;9-5-1-3-8-4-2-6-10-7-8/h7H,1-6H2;5,8H,1-4,6-7H2. The van der Waals surface area contributed by atoms with Crippen molar-refractivity contribution in [3.05, 3.63) is 0 Å². The van der Waals surface area contributed by atoms with Crippen LogP contribution >= 0.6 is 11.6 Å². The Bertz CT molecular complexity index is 299. The van der Waals surface area contributed by atoms with E-state index >= 15 is 0 Å². The van der Waals surface area contributed by atoms with E-state index in [0.29, 0.717) is 31.3 Å². The number of rotatable bonds is 6. The van der Waals surface area contributed by atoms with Crippen molar-refractivity contribution in [1.82, 2.24) is 0 Å². The number of hydrogen-bond acceptors (Lipinski definition) is 5. The van der Waals surface area contributed by atoms with Gasteiger partial charge in [-0.1, -0.05) is 11.6 Å². The summed E-state index contributed by atoms with van der Waals surface area (Å²) < 4.78 is 15.1. The van der Waals surface area contributed by atoms with Crippen molar-refractivity contribution in [2.45, 2.75) is 44.9 Å². The van der Waals surface area contributed by atoms with E-state index in [4.69, 9.17) is 21.1 Å². The van der Waals surface area contributed by atoms with E-state index in [1.165, 1.54) is 12.8 Å². The van der Waals surface area contributed by atoms with Gasteiger partial charge in [-0.3, -0.25) is 4.79 Å². The molecular formula is C16H27ClO5. The molecule has 0 radical (unpaired) electrons. The lowest BCUT2D eigenvalue weighted by molar-refractivity contribution is -0.143. The van der Waals surface area contributed by atoms with Crippen LogP contribution in [0.25, 0.3) is 0 Å². The van der Waals surface area contributed by atoms with Crippen LogP contribution in [0.2, 0.25) is 0 Å². The number of hydrogen-bond donors (Lipinski definition) is 0. The van der Waals surface area contributed by atoms with E-state index in [1.807, 2.05) is 0 Å². The van der Waals surface area contributed by atoms with E-state index in [1.54, 1.807) is 0 Å². The monoisotopic (exact) mass is 334 g/mol. The third-order valence-electron chi connectivity index (χ3n) is 3.87. The van der Waals surface area contributed by atoms with Gasteiger partial charge in [0.25, 0.3) is 0 Å². The number of aldehydes is 1. The van der Waals surface area contributed by atoms with Gasteiger partial charge >= 0.3 is 5.97 Å². The van der Waals surface area contributed by atoms with Crippen LogP contribution < -0.4 is 0 Å². The number of carbonyl (C=O) groups is 2. The van der Waals surface area contributed by atoms with Gasteiger partial charge in [-0.15, -0.1) is 0 Å². The molecule has 0 aromatic heterocycles. The molecule has 2 atom stereocenters. The number of esters is 1. The second-order valence-corrected chi connectivity index (χ2v) is 5.96. The lowest BCUT2D eigenvalue weighted by Gasteiger charge is -2.20. The summed E-state index contributed by atoms with van der Waals surface area (Å²) in [4.78, 5) is 21.0. The van der Waals surface area contributed by atoms with Crippen LogP contribution in [0.1, 0.15) is 44.9 Å². The molecule has 2 aliphatic heterocycles. The molecule has 5 nitrogen and oxygen atoms in total. The molecule has 0 saturated carbocycles. The van der Waals surface area contributed by atoms with Gasteiger partial charge in [-0.25, -0.2) is 0 Å². The first-order chi connectivity index (χ1) is 10.8. The molecule has 0 bridgehead atoms. The van der Waals surface area contributed by atoms with Crippen molar-refractivity contribution >= 4 is 23.9 Å². The van der Waals surface area contributed by atoms with E-state index in [2.05, 4.69) is 4.74 Å². The van der Waals surface area contributed by atoms with Gasteiger partial charge in [0.1, 0.15) is 6.29 Å². The van der Waals surface area contributed by atoms with Crippen molar-refractivity contribution in [3.8, 4) is 0 Å². The summed E-state index contributed by atoms with van der Waals surface area (Å²) in [7, 11) is 0. The van der Waals surface area contributed by atoms with Crippen LogP contribution in [-0.2, 0) is 23.8 Å². The SMILES string of the molecule is O=C(CC1CCCOC1)OCCl.O=CCCC1CCCOC1. The highest BCUT2D eigenvalue weighted by Gasteiger charge is 2.17. The highest BCUT2D eigenvalue weighted by atomic mass is 35.5. The second-order valence-electron chi connectivity index (χ2n) is 5.74. The maximum Gasteiger partial charge on any atom is 0.307 e. The van der Waals surface area contributed by atoms with E-state index < -0.39 is 0 Å². The first kappa shape index (κ1) is 19.4. The smallest absolute Gasteiger partial charge is 0.307 e. The highest BCUT2D eigenvalue weighted by molar-refractivity contribution is 6.17. The Labute approximate surface area is 137 Å². The third-order valence-corrected chi connectivity index (χ3v) is 3.98. The average molecular weight is 335 g/mol. The minimum absolute atomic E-state index is 0.0492. The average Bonchev–Trinajstić information content (AvgIpc) is 2.56. The first-order valence-corrected chi connectivity index (χ1v) is 8.60. The Balaban J connectivity index is 0.000000224.